The molecule has 2 aliphatic carbocycles. The highest BCUT2D eigenvalue weighted by Crippen LogP contribution is 2.48. The van der Waals surface area contributed by atoms with E-state index in [1.165, 1.54) is 6.42 Å². The van der Waals surface area contributed by atoms with Crippen molar-refractivity contribution in [3.05, 3.63) is 0 Å². The second-order valence-corrected chi connectivity index (χ2v) is 6.75. The van der Waals surface area contributed by atoms with Gasteiger partial charge in [-0.15, -0.1) is 0 Å². The Bertz CT molecular complexity index is 452. The van der Waals surface area contributed by atoms with Gasteiger partial charge in [0.15, 0.2) is 0 Å². The number of urea groups is 1. The van der Waals surface area contributed by atoms with Gasteiger partial charge >= 0.3 is 6.03 Å². The third kappa shape index (κ3) is 1.67. The molecular weight excluding hydrogens is 256 g/mol. The fourth-order valence-electron chi connectivity index (χ4n) is 4.72. The molecule has 0 aromatic carbocycles. The highest BCUT2D eigenvalue weighted by molar-refractivity contribution is 5.82. The van der Waals surface area contributed by atoms with Crippen LogP contribution in [0.3, 0.4) is 0 Å². The van der Waals surface area contributed by atoms with Crippen molar-refractivity contribution < 1.29 is 9.59 Å². The molecule has 4 fully saturated rings. The van der Waals surface area contributed by atoms with Gasteiger partial charge in [-0.1, -0.05) is 0 Å². The molecule has 3 amide bonds. The Morgan fingerprint density at radius 2 is 2.05 bits per heavy atom. The standard InChI is InChI=1S/C14H22N4O2/c15-12-9-2-1-8(5-9)11(12)13(19)17-3-4-18-10(7-17)6-16-14(18)20/h8-12H,1-7,15H2,(H,16,20). The first kappa shape index (κ1) is 12.4. The van der Waals surface area contributed by atoms with E-state index in [0.29, 0.717) is 38.0 Å². The minimum Gasteiger partial charge on any atom is -0.338 e. The highest BCUT2D eigenvalue weighted by Gasteiger charge is 2.51. The zero-order chi connectivity index (χ0) is 13.9. The molecule has 2 heterocycles. The van der Waals surface area contributed by atoms with Crippen LogP contribution in [0.4, 0.5) is 4.79 Å². The van der Waals surface area contributed by atoms with Gasteiger partial charge in [0.25, 0.3) is 0 Å². The number of nitrogens with zero attached hydrogens (tertiary/aromatic N) is 2. The van der Waals surface area contributed by atoms with Crippen molar-refractivity contribution in [2.75, 3.05) is 26.2 Å². The van der Waals surface area contributed by atoms with E-state index in [4.69, 9.17) is 5.73 Å². The second-order valence-electron chi connectivity index (χ2n) is 6.75. The molecule has 2 saturated heterocycles. The SMILES string of the molecule is NC1C2CCC(C2)C1C(=O)N1CCN2C(=O)NCC2C1. The van der Waals surface area contributed by atoms with Crippen LogP contribution in [0.2, 0.25) is 0 Å². The Morgan fingerprint density at radius 3 is 2.80 bits per heavy atom. The number of fused-ring (bicyclic) bond motifs is 3. The first-order valence-electron chi connectivity index (χ1n) is 7.74. The molecular formula is C14H22N4O2. The Morgan fingerprint density at radius 1 is 1.25 bits per heavy atom. The molecule has 2 saturated carbocycles. The summed E-state index contributed by atoms with van der Waals surface area (Å²) in [6.07, 6.45) is 3.50. The van der Waals surface area contributed by atoms with Crippen LogP contribution in [0, 0.1) is 17.8 Å². The number of nitrogens with one attached hydrogen (secondary N) is 1. The Kier molecular flexibility index (Phi) is 2.70. The number of carbonyl (C=O) groups is 2. The first-order chi connectivity index (χ1) is 9.65. The second kappa shape index (κ2) is 4.35. The quantitative estimate of drug-likeness (QED) is 0.685. The van der Waals surface area contributed by atoms with Gasteiger partial charge in [-0.05, 0) is 31.1 Å². The topological polar surface area (TPSA) is 78.7 Å². The molecule has 0 aromatic heterocycles. The van der Waals surface area contributed by atoms with Crippen LogP contribution < -0.4 is 11.1 Å². The summed E-state index contributed by atoms with van der Waals surface area (Å²) in [5.41, 5.74) is 6.28. The summed E-state index contributed by atoms with van der Waals surface area (Å²) < 4.78 is 0. The molecule has 0 radical (unpaired) electrons. The van der Waals surface area contributed by atoms with Crippen LogP contribution in [0.25, 0.3) is 0 Å². The maximum atomic E-state index is 12.8. The molecule has 0 aromatic rings. The molecule has 2 bridgehead atoms. The van der Waals surface area contributed by atoms with Crippen molar-refractivity contribution in [3.8, 4) is 0 Å². The summed E-state index contributed by atoms with van der Waals surface area (Å²) in [6, 6.07) is 0.219. The normalized spacial score (nSPS) is 42.9. The van der Waals surface area contributed by atoms with Crippen LogP contribution in [0.5, 0.6) is 0 Å². The lowest BCUT2D eigenvalue weighted by Gasteiger charge is -2.39. The van der Waals surface area contributed by atoms with Crippen molar-refractivity contribution in [3.63, 3.8) is 0 Å². The van der Waals surface area contributed by atoms with E-state index in [1.54, 1.807) is 0 Å². The van der Waals surface area contributed by atoms with E-state index in [0.717, 1.165) is 12.8 Å². The van der Waals surface area contributed by atoms with Crippen molar-refractivity contribution in [2.24, 2.45) is 23.5 Å². The maximum absolute atomic E-state index is 12.8. The zero-order valence-electron chi connectivity index (χ0n) is 11.6. The lowest BCUT2D eigenvalue weighted by Crippen LogP contribution is -2.57. The molecule has 0 spiro atoms. The van der Waals surface area contributed by atoms with E-state index in [1.807, 2.05) is 9.80 Å². The van der Waals surface area contributed by atoms with E-state index >= 15 is 0 Å². The number of carbonyl (C=O) groups excluding carboxylic acids is 2. The predicted octanol–water partition coefficient (Wildman–Crippen LogP) is -0.404. The lowest BCUT2D eigenvalue weighted by atomic mass is 9.83. The minimum atomic E-state index is 0.0127. The van der Waals surface area contributed by atoms with Gasteiger partial charge in [-0.25, -0.2) is 4.79 Å². The van der Waals surface area contributed by atoms with E-state index in [9.17, 15) is 9.59 Å². The number of hydrogen-bond donors (Lipinski definition) is 2. The van der Waals surface area contributed by atoms with Gasteiger partial charge in [0.05, 0.1) is 12.0 Å². The highest BCUT2D eigenvalue weighted by atomic mass is 16.2. The Balaban J connectivity index is 1.46. The summed E-state index contributed by atoms with van der Waals surface area (Å²) in [6.45, 7) is 2.63. The summed E-state index contributed by atoms with van der Waals surface area (Å²) >= 11 is 0. The fourth-order valence-corrected chi connectivity index (χ4v) is 4.72. The molecule has 3 N–H and O–H groups in total. The van der Waals surface area contributed by atoms with E-state index < -0.39 is 0 Å². The average molecular weight is 278 g/mol. The number of nitrogens with two attached hydrogens (primary N) is 1. The van der Waals surface area contributed by atoms with Gasteiger partial charge in [-0.3, -0.25) is 4.79 Å². The number of piperazine rings is 1. The Hall–Kier alpha value is -1.30. The van der Waals surface area contributed by atoms with Crippen molar-refractivity contribution >= 4 is 11.9 Å². The summed E-state index contributed by atoms with van der Waals surface area (Å²) in [5, 5.41) is 2.85. The number of amides is 3. The molecule has 4 aliphatic rings. The van der Waals surface area contributed by atoms with Crippen LogP contribution in [0.1, 0.15) is 19.3 Å². The van der Waals surface area contributed by atoms with E-state index in [2.05, 4.69) is 5.32 Å². The monoisotopic (exact) mass is 278 g/mol. The van der Waals surface area contributed by atoms with Gasteiger partial charge in [-0.2, -0.15) is 0 Å². The van der Waals surface area contributed by atoms with Crippen LogP contribution in [-0.4, -0.2) is 60.0 Å². The molecule has 2 aliphatic heterocycles. The smallest absolute Gasteiger partial charge is 0.317 e. The number of rotatable bonds is 1. The third-order valence-corrected chi connectivity index (χ3v) is 5.81. The summed E-state index contributed by atoms with van der Waals surface area (Å²) in [4.78, 5) is 28.2. The summed E-state index contributed by atoms with van der Waals surface area (Å²) in [5.74, 6) is 1.34. The fraction of sp³-hybridized carbons (Fsp3) is 0.857. The molecule has 110 valence electrons. The van der Waals surface area contributed by atoms with E-state index in [-0.39, 0.29) is 29.9 Å². The van der Waals surface area contributed by atoms with Gasteiger partial charge < -0.3 is 20.9 Å². The first-order valence-corrected chi connectivity index (χ1v) is 7.74. The lowest BCUT2D eigenvalue weighted by molar-refractivity contribution is -0.140. The van der Waals surface area contributed by atoms with Crippen LogP contribution in [-0.2, 0) is 4.79 Å². The van der Waals surface area contributed by atoms with Crippen molar-refractivity contribution in [2.45, 2.75) is 31.3 Å². The zero-order valence-corrected chi connectivity index (χ0v) is 11.6. The largest absolute Gasteiger partial charge is 0.338 e. The molecule has 6 nitrogen and oxygen atoms in total. The van der Waals surface area contributed by atoms with Gasteiger partial charge in [0.2, 0.25) is 5.91 Å². The molecule has 4 rings (SSSR count). The third-order valence-electron chi connectivity index (χ3n) is 5.81. The van der Waals surface area contributed by atoms with Crippen LogP contribution >= 0.6 is 0 Å². The number of hydrogen-bond acceptors (Lipinski definition) is 3. The Labute approximate surface area is 118 Å². The predicted molar refractivity (Wildman–Crippen MR) is 72.8 cm³/mol. The molecule has 5 unspecified atom stereocenters. The molecule has 5 atom stereocenters. The average Bonchev–Trinajstić information content (AvgIpc) is 3.13. The maximum Gasteiger partial charge on any atom is 0.317 e. The minimum absolute atomic E-state index is 0.0127. The van der Waals surface area contributed by atoms with Crippen LogP contribution in [0.15, 0.2) is 0 Å². The van der Waals surface area contributed by atoms with Crippen molar-refractivity contribution in [1.82, 2.24) is 15.1 Å². The molecule has 20 heavy (non-hydrogen) atoms. The van der Waals surface area contributed by atoms with Gasteiger partial charge in [0, 0.05) is 32.2 Å². The van der Waals surface area contributed by atoms with Gasteiger partial charge in [0.1, 0.15) is 0 Å². The summed E-state index contributed by atoms with van der Waals surface area (Å²) in [7, 11) is 0. The van der Waals surface area contributed by atoms with Crippen molar-refractivity contribution in [1.29, 1.82) is 0 Å². The molecule has 6 heteroatoms.